The van der Waals surface area contributed by atoms with Crippen LogP contribution in [0.15, 0.2) is 83.8 Å². The number of thioether (sulfide) groups is 1. The van der Waals surface area contributed by atoms with Crippen LogP contribution in [0.1, 0.15) is 17.5 Å². The lowest BCUT2D eigenvalue weighted by Crippen LogP contribution is -2.30. The van der Waals surface area contributed by atoms with E-state index in [0.717, 1.165) is 16.0 Å². The van der Waals surface area contributed by atoms with Crippen molar-refractivity contribution >= 4 is 17.7 Å². The van der Waals surface area contributed by atoms with E-state index in [1.54, 1.807) is 36.0 Å². The van der Waals surface area contributed by atoms with E-state index >= 15 is 0 Å². The van der Waals surface area contributed by atoms with Crippen molar-refractivity contribution in [2.24, 2.45) is 0 Å². The summed E-state index contributed by atoms with van der Waals surface area (Å²) in [7, 11) is 0. The number of carboxylic acids is 1. The number of hydrogen-bond donors (Lipinski definition) is 2. The summed E-state index contributed by atoms with van der Waals surface area (Å²) in [5.74, 6) is -1.05. The molecule has 1 atom stereocenters. The Morgan fingerprint density at radius 3 is 1.85 bits per heavy atom. The maximum Gasteiger partial charge on any atom is 0.306 e. The topological polar surface area (TPSA) is 57.5 Å². The normalized spacial score (nSPS) is 13.2. The van der Waals surface area contributed by atoms with E-state index in [1.165, 1.54) is 0 Å². The molecule has 3 aromatic rings. The van der Waals surface area contributed by atoms with E-state index in [-0.39, 0.29) is 0 Å². The summed E-state index contributed by atoms with van der Waals surface area (Å²) in [5.41, 5.74) is 1.66. The van der Waals surface area contributed by atoms with E-state index in [0.29, 0.717) is 11.1 Å². The van der Waals surface area contributed by atoms with Gasteiger partial charge in [-0.05, 0) is 40.6 Å². The number of aliphatic carboxylic acids is 1. The number of aliphatic hydroxyl groups is 1. The molecule has 0 aromatic heterocycles. The van der Waals surface area contributed by atoms with Gasteiger partial charge >= 0.3 is 5.97 Å². The average molecular weight is 364 g/mol. The molecule has 0 saturated heterocycles. The second kappa shape index (κ2) is 7.77. The summed E-state index contributed by atoms with van der Waals surface area (Å²) in [6.45, 7) is 0. The summed E-state index contributed by atoms with van der Waals surface area (Å²) in [6.07, 6.45) is 1.58. The monoisotopic (exact) mass is 364 g/mol. The molecule has 0 aliphatic heterocycles. The molecular weight excluding hydrogens is 344 g/mol. The van der Waals surface area contributed by atoms with Crippen molar-refractivity contribution in [2.45, 2.75) is 16.9 Å². The zero-order valence-electron chi connectivity index (χ0n) is 14.4. The van der Waals surface area contributed by atoms with Gasteiger partial charge in [0.05, 0.1) is 6.42 Å². The first-order chi connectivity index (χ1) is 12.5. The Morgan fingerprint density at radius 1 is 0.846 bits per heavy atom. The van der Waals surface area contributed by atoms with Crippen LogP contribution in [0, 0.1) is 0 Å². The smallest absolute Gasteiger partial charge is 0.306 e. The predicted octanol–water partition coefficient (Wildman–Crippen LogP) is 4.79. The highest BCUT2D eigenvalue weighted by molar-refractivity contribution is 7.98. The van der Waals surface area contributed by atoms with Crippen LogP contribution >= 0.6 is 11.8 Å². The summed E-state index contributed by atoms with van der Waals surface area (Å²) < 4.78 is 0. The predicted molar refractivity (Wildman–Crippen MR) is 105 cm³/mol. The van der Waals surface area contributed by atoms with Gasteiger partial charge in [-0.15, -0.1) is 11.8 Å². The zero-order valence-corrected chi connectivity index (χ0v) is 15.2. The highest BCUT2D eigenvalue weighted by atomic mass is 32.2. The number of hydrogen-bond acceptors (Lipinski definition) is 3. The first-order valence-corrected chi connectivity index (χ1v) is 9.50. The molecule has 0 aliphatic carbocycles. The maximum atomic E-state index is 11.4. The van der Waals surface area contributed by atoms with Gasteiger partial charge in [0.15, 0.2) is 0 Å². The molecule has 2 N–H and O–H groups in total. The molecule has 3 nitrogen and oxygen atoms in total. The SMILES string of the molecule is CSc1ccc([C@](O)(CC(=O)O)c2ccc(-c3ccccc3)cc2)cc1. The Balaban J connectivity index is 2.00. The molecule has 3 aromatic carbocycles. The quantitative estimate of drug-likeness (QED) is 0.618. The molecule has 3 rings (SSSR count). The van der Waals surface area contributed by atoms with Gasteiger partial charge < -0.3 is 10.2 Å². The number of carbonyl (C=O) groups is 1. The van der Waals surface area contributed by atoms with Gasteiger partial charge in [0.1, 0.15) is 5.60 Å². The van der Waals surface area contributed by atoms with Gasteiger partial charge in [0.25, 0.3) is 0 Å². The van der Waals surface area contributed by atoms with Gasteiger partial charge in [0.2, 0.25) is 0 Å². The molecule has 0 radical (unpaired) electrons. The number of carboxylic acid groups (broad SMARTS) is 1. The van der Waals surface area contributed by atoms with Crippen molar-refractivity contribution in [2.75, 3.05) is 6.26 Å². The molecule has 0 amide bonds. The summed E-state index contributed by atoms with van der Waals surface area (Å²) in [4.78, 5) is 12.5. The minimum atomic E-state index is -1.57. The molecule has 132 valence electrons. The van der Waals surface area contributed by atoms with Crippen LogP contribution in [0.5, 0.6) is 0 Å². The van der Waals surface area contributed by atoms with Crippen molar-refractivity contribution in [3.63, 3.8) is 0 Å². The second-order valence-corrected chi connectivity index (χ2v) is 6.98. The fourth-order valence-corrected chi connectivity index (χ4v) is 3.43. The number of rotatable bonds is 6. The molecule has 0 saturated carbocycles. The van der Waals surface area contributed by atoms with Crippen LogP contribution in [0.4, 0.5) is 0 Å². The standard InChI is InChI=1S/C22H20O3S/c1-26-20-13-11-19(12-14-20)22(25,15-21(23)24)18-9-7-17(8-10-18)16-5-3-2-4-6-16/h2-14,25H,15H2,1H3,(H,23,24)/t22-/m0/s1. The van der Waals surface area contributed by atoms with Crippen molar-refractivity contribution in [3.8, 4) is 11.1 Å². The van der Waals surface area contributed by atoms with E-state index in [9.17, 15) is 15.0 Å². The Hall–Kier alpha value is -2.56. The van der Waals surface area contributed by atoms with Crippen LogP contribution in [-0.4, -0.2) is 22.4 Å². The van der Waals surface area contributed by atoms with Crippen LogP contribution in [0.2, 0.25) is 0 Å². The molecule has 0 fully saturated rings. The maximum absolute atomic E-state index is 11.4. The summed E-state index contributed by atoms with van der Waals surface area (Å²) in [6, 6.07) is 24.7. The minimum Gasteiger partial charge on any atom is -0.481 e. The van der Waals surface area contributed by atoms with Gasteiger partial charge in [-0.2, -0.15) is 0 Å². The van der Waals surface area contributed by atoms with Crippen LogP contribution in [0.3, 0.4) is 0 Å². The van der Waals surface area contributed by atoms with E-state index < -0.39 is 18.0 Å². The first-order valence-electron chi connectivity index (χ1n) is 8.27. The lowest BCUT2D eigenvalue weighted by atomic mass is 9.83. The largest absolute Gasteiger partial charge is 0.481 e. The highest BCUT2D eigenvalue weighted by Crippen LogP contribution is 2.35. The van der Waals surface area contributed by atoms with Crippen molar-refractivity contribution in [1.82, 2.24) is 0 Å². The lowest BCUT2D eigenvalue weighted by Gasteiger charge is -2.28. The molecule has 0 aliphatic rings. The second-order valence-electron chi connectivity index (χ2n) is 6.10. The van der Waals surface area contributed by atoms with Crippen molar-refractivity contribution in [1.29, 1.82) is 0 Å². The molecular formula is C22H20O3S. The molecule has 0 spiro atoms. The Bertz CT molecular complexity index is 874. The Morgan fingerprint density at radius 2 is 1.35 bits per heavy atom. The van der Waals surface area contributed by atoms with Crippen molar-refractivity contribution in [3.05, 3.63) is 90.0 Å². The fourth-order valence-electron chi connectivity index (χ4n) is 3.03. The zero-order chi connectivity index (χ0) is 18.6. The highest BCUT2D eigenvalue weighted by Gasteiger charge is 2.34. The molecule has 4 heteroatoms. The van der Waals surface area contributed by atoms with Crippen molar-refractivity contribution < 1.29 is 15.0 Å². The summed E-state index contributed by atoms with van der Waals surface area (Å²) in [5, 5.41) is 20.6. The van der Waals surface area contributed by atoms with Crippen LogP contribution in [0.25, 0.3) is 11.1 Å². The third-order valence-electron chi connectivity index (χ3n) is 4.44. The minimum absolute atomic E-state index is 0.393. The van der Waals surface area contributed by atoms with Gasteiger partial charge in [-0.1, -0.05) is 66.7 Å². The van der Waals surface area contributed by atoms with Crippen LogP contribution in [-0.2, 0) is 10.4 Å². The first kappa shape index (κ1) is 18.2. The van der Waals surface area contributed by atoms with Gasteiger partial charge in [-0.25, -0.2) is 0 Å². The third kappa shape index (κ3) is 3.82. The van der Waals surface area contributed by atoms with E-state index in [4.69, 9.17) is 0 Å². The average Bonchev–Trinajstić information content (AvgIpc) is 2.68. The molecule has 26 heavy (non-hydrogen) atoms. The molecule has 0 unspecified atom stereocenters. The van der Waals surface area contributed by atoms with E-state index in [1.807, 2.05) is 60.9 Å². The lowest BCUT2D eigenvalue weighted by molar-refractivity contribution is -0.141. The molecule has 0 bridgehead atoms. The van der Waals surface area contributed by atoms with E-state index in [2.05, 4.69) is 0 Å². The van der Waals surface area contributed by atoms with Crippen LogP contribution < -0.4 is 0 Å². The fraction of sp³-hybridized carbons (Fsp3) is 0.136. The Kier molecular flexibility index (Phi) is 5.45. The Labute approximate surface area is 157 Å². The van der Waals surface area contributed by atoms with Gasteiger partial charge in [-0.3, -0.25) is 4.79 Å². The van der Waals surface area contributed by atoms with Gasteiger partial charge in [0, 0.05) is 4.90 Å². The summed E-state index contributed by atoms with van der Waals surface area (Å²) >= 11 is 1.60. The molecule has 0 heterocycles. The number of benzene rings is 3. The third-order valence-corrected chi connectivity index (χ3v) is 5.19.